The summed E-state index contributed by atoms with van der Waals surface area (Å²) in [7, 11) is 0. The third kappa shape index (κ3) is 5.47. The molecular formula is C16H26N3S+. The van der Waals surface area contributed by atoms with E-state index in [-0.39, 0.29) is 0 Å². The van der Waals surface area contributed by atoms with Gasteiger partial charge in [0.15, 0.2) is 5.11 Å². The third-order valence-electron chi connectivity index (χ3n) is 3.83. The lowest BCUT2D eigenvalue weighted by Crippen LogP contribution is -3.12. The maximum atomic E-state index is 5.32. The second kappa shape index (κ2) is 8.22. The predicted molar refractivity (Wildman–Crippen MR) is 89.4 cm³/mol. The highest BCUT2D eigenvalue weighted by Gasteiger charge is 2.12. The summed E-state index contributed by atoms with van der Waals surface area (Å²) in [6.07, 6.45) is 5.41. The van der Waals surface area contributed by atoms with Crippen LogP contribution in [-0.4, -0.2) is 31.3 Å². The van der Waals surface area contributed by atoms with Gasteiger partial charge in [-0.3, -0.25) is 0 Å². The van der Waals surface area contributed by atoms with Crippen LogP contribution in [0.5, 0.6) is 0 Å². The van der Waals surface area contributed by atoms with E-state index in [0.29, 0.717) is 0 Å². The van der Waals surface area contributed by atoms with Crippen molar-refractivity contribution in [3.8, 4) is 0 Å². The molecule has 1 saturated heterocycles. The lowest BCUT2D eigenvalue weighted by atomic mass is 10.1. The van der Waals surface area contributed by atoms with Gasteiger partial charge in [-0.05, 0) is 56.1 Å². The van der Waals surface area contributed by atoms with E-state index in [1.807, 2.05) is 12.1 Å². The minimum atomic E-state index is 0.726. The Balaban J connectivity index is 1.60. The van der Waals surface area contributed by atoms with Crippen molar-refractivity contribution in [2.75, 3.05) is 31.5 Å². The molecular weight excluding hydrogens is 266 g/mol. The van der Waals surface area contributed by atoms with E-state index in [4.69, 9.17) is 12.2 Å². The van der Waals surface area contributed by atoms with E-state index in [9.17, 15) is 0 Å². The highest BCUT2D eigenvalue weighted by molar-refractivity contribution is 7.80. The standard InChI is InChI=1S/C16H25N3S/c1-14-7-5-8-15(13-14)18-16(20)17-9-6-12-19-10-3-2-4-11-19/h5,7-8,13H,2-4,6,9-12H2,1H3,(H2,17,18,20)/p+1. The first-order chi connectivity index (χ1) is 9.74. The quantitative estimate of drug-likeness (QED) is 0.570. The molecule has 4 heteroatoms. The fourth-order valence-electron chi connectivity index (χ4n) is 2.74. The lowest BCUT2D eigenvalue weighted by molar-refractivity contribution is -0.904. The molecule has 1 aromatic rings. The molecule has 110 valence electrons. The lowest BCUT2D eigenvalue weighted by Gasteiger charge is -2.23. The van der Waals surface area contributed by atoms with Crippen molar-refractivity contribution < 1.29 is 4.90 Å². The molecule has 1 aliphatic heterocycles. The molecule has 0 saturated carbocycles. The molecule has 0 atom stereocenters. The molecule has 3 nitrogen and oxygen atoms in total. The average Bonchev–Trinajstić information content (AvgIpc) is 2.45. The van der Waals surface area contributed by atoms with Gasteiger partial charge in [0, 0.05) is 18.7 Å². The van der Waals surface area contributed by atoms with Crippen LogP contribution in [0.15, 0.2) is 24.3 Å². The van der Waals surface area contributed by atoms with E-state index in [2.05, 4.69) is 29.7 Å². The van der Waals surface area contributed by atoms with Crippen molar-refractivity contribution in [3.05, 3.63) is 29.8 Å². The van der Waals surface area contributed by atoms with Gasteiger partial charge in [-0.15, -0.1) is 0 Å². The van der Waals surface area contributed by atoms with Crippen LogP contribution in [0.3, 0.4) is 0 Å². The Morgan fingerprint density at radius 2 is 2.05 bits per heavy atom. The molecule has 3 N–H and O–H groups in total. The molecule has 0 radical (unpaired) electrons. The van der Waals surface area contributed by atoms with Gasteiger partial charge in [-0.25, -0.2) is 0 Å². The van der Waals surface area contributed by atoms with Crippen LogP contribution in [0.1, 0.15) is 31.2 Å². The summed E-state index contributed by atoms with van der Waals surface area (Å²) in [4.78, 5) is 1.76. The minimum Gasteiger partial charge on any atom is -0.362 e. The number of hydrogen-bond donors (Lipinski definition) is 3. The summed E-state index contributed by atoms with van der Waals surface area (Å²) in [5, 5.41) is 7.26. The number of thiocarbonyl (C=S) groups is 1. The number of aryl methyl sites for hydroxylation is 1. The number of likely N-dealkylation sites (tertiary alicyclic amines) is 1. The molecule has 2 rings (SSSR count). The normalized spacial score (nSPS) is 15.8. The molecule has 1 heterocycles. The zero-order valence-electron chi connectivity index (χ0n) is 12.4. The Morgan fingerprint density at radius 1 is 1.25 bits per heavy atom. The first kappa shape index (κ1) is 15.3. The van der Waals surface area contributed by atoms with Gasteiger partial charge in [0.1, 0.15) is 0 Å². The summed E-state index contributed by atoms with van der Waals surface area (Å²) >= 11 is 5.32. The Hall–Kier alpha value is -1.13. The molecule has 1 aliphatic rings. The number of anilines is 1. The van der Waals surface area contributed by atoms with E-state index in [1.165, 1.54) is 50.9 Å². The zero-order chi connectivity index (χ0) is 14.2. The summed E-state index contributed by atoms with van der Waals surface area (Å²) in [5.74, 6) is 0. The smallest absolute Gasteiger partial charge is 0.170 e. The van der Waals surface area contributed by atoms with Gasteiger partial charge < -0.3 is 15.5 Å². The van der Waals surface area contributed by atoms with Crippen molar-refractivity contribution in [3.63, 3.8) is 0 Å². The number of rotatable bonds is 5. The molecule has 0 aromatic heterocycles. The molecule has 0 spiro atoms. The van der Waals surface area contributed by atoms with Gasteiger partial charge in [0.25, 0.3) is 0 Å². The fraction of sp³-hybridized carbons (Fsp3) is 0.562. The summed E-state index contributed by atoms with van der Waals surface area (Å²) < 4.78 is 0. The van der Waals surface area contributed by atoms with E-state index in [1.54, 1.807) is 4.90 Å². The first-order valence-corrected chi connectivity index (χ1v) is 8.10. The van der Waals surface area contributed by atoms with Crippen LogP contribution < -0.4 is 15.5 Å². The zero-order valence-corrected chi connectivity index (χ0v) is 13.2. The van der Waals surface area contributed by atoms with Crippen molar-refractivity contribution in [1.82, 2.24) is 5.32 Å². The van der Waals surface area contributed by atoms with Gasteiger partial charge in [0.05, 0.1) is 19.6 Å². The van der Waals surface area contributed by atoms with Crippen LogP contribution in [0.4, 0.5) is 5.69 Å². The van der Waals surface area contributed by atoms with Crippen molar-refractivity contribution in [2.45, 2.75) is 32.6 Å². The van der Waals surface area contributed by atoms with Gasteiger partial charge >= 0.3 is 0 Å². The van der Waals surface area contributed by atoms with Crippen LogP contribution >= 0.6 is 12.2 Å². The summed E-state index contributed by atoms with van der Waals surface area (Å²) in [6, 6.07) is 8.27. The minimum absolute atomic E-state index is 0.726. The molecule has 0 bridgehead atoms. The van der Waals surface area contributed by atoms with E-state index in [0.717, 1.165) is 17.3 Å². The van der Waals surface area contributed by atoms with Crippen molar-refractivity contribution >= 4 is 23.0 Å². The number of hydrogen-bond acceptors (Lipinski definition) is 1. The molecule has 1 aromatic carbocycles. The van der Waals surface area contributed by atoms with Crippen molar-refractivity contribution in [2.24, 2.45) is 0 Å². The van der Waals surface area contributed by atoms with E-state index < -0.39 is 0 Å². The predicted octanol–water partition coefficient (Wildman–Crippen LogP) is 1.74. The number of benzene rings is 1. The van der Waals surface area contributed by atoms with Crippen LogP contribution in [0.25, 0.3) is 0 Å². The summed E-state index contributed by atoms with van der Waals surface area (Å²) in [6.45, 7) is 7.02. The highest BCUT2D eigenvalue weighted by Crippen LogP contribution is 2.08. The average molecular weight is 292 g/mol. The molecule has 0 amide bonds. The van der Waals surface area contributed by atoms with Crippen LogP contribution in [0, 0.1) is 6.92 Å². The summed E-state index contributed by atoms with van der Waals surface area (Å²) in [5.41, 5.74) is 2.30. The fourth-order valence-corrected chi connectivity index (χ4v) is 2.96. The molecule has 0 unspecified atom stereocenters. The maximum absolute atomic E-state index is 5.32. The maximum Gasteiger partial charge on any atom is 0.170 e. The second-order valence-electron chi connectivity index (χ2n) is 5.66. The van der Waals surface area contributed by atoms with Gasteiger partial charge in [0.2, 0.25) is 0 Å². The largest absolute Gasteiger partial charge is 0.362 e. The SMILES string of the molecule is Cc1cccc(NC(=S)NCCC[NH+]2CCCCC2)c1. The van der Waals surface area contributed by atoms with E-state index >= 15 is 0 Å². The van der Waals surface area contributed by atoms with Crippen LogP contribution in [-0.2, 0) is 0 Å². The Morgan fingerprint density at radius 3 is 2.80 bits per heavy atom. The van der Waals surface area contributed by atoms with Gasteiger partial charge in [-0.1, -0.05) is 12.1 Å². The number of quaternary nitrogens is 1. The topological polar surface area (TPSA) is 28.5 Å². The van der Waals surface area contributed by atoms with Gasteiger partial charge in [-0.2, -0.15) is 0 Å². The molecule has 0 aliphatic carbocycles. The third-order valence-corrected chi connectivity index (χ3v) is 4.08. The monoisotopic (exact) mass is 292 g/mol. The first-order valence-electron chi connectivity index (χ1n) is 7.69. The Bertz CT molecular complexity index is 427. The number of nitrogens with one attached hydrogen (secondary N) is 3. The Labute approximate surface area is 127 Å². The molecule has 1 fully saturated rings. The Kier molecular flexibility index (Phi) is 6.27. The molecule has 20 heavy (non-hydrogen) atoms. The second-order valence-corrected chi connectivity index (χ2v) is 6.07. The highest BCUT2D eigenvalue weighted by atomic mass is 32.1. The van der Waals surface area contributed by atoms with Crippen LogP contribution in [0.2, 0.25) is 0 Å². The van der Waals surface area contributed by atoms with Crippen molar-refractivity contribution in [1.29, 1.82) is 0 Å². The number of piperidine rings is 1.